The third kappa shape index (κ3) is 3.54. The van der Waals surface area contributed by atoms with Gasteiger partial charge in [-0.2, -0.15) is 0 Å². The number of hydrogen-bond donors (Lipinski definition) is 1. The molecule has 0 aliphatic carbocycles. The maximum absolute atomic E-state index is 10.3. The smallest absolute Gasteiger partial charge is 0.0964 e. The fourth-order valence-corrected chi connectivity index (χ4v) is 3.32. The Bertz CT molecular complexity index is 366. The molecule has 2 unspecified atom stereocenters. The molecule has 1 N–H and O–H groups in total. The van der Waals surface area contributed by atoms with E-state index >= 15 is 0 Å². The quantitative estimate of drug-likeness (QED) is 0.886. The number of nitrogens with zero attached hydrogens (tertiary/aromatic N) is 1. The van der Waals surface area contributed by atoms with E-state index in [0.717, 1.165) is 32.7 Å². The van der Waals surface area contributed by atoms with Crippen LogP contribution in [-0.2, 0) is 17.6 Å². The molecule has 0 aromatic carbocycles. The molecule has 4 heteroatoms. The molecule has 0 bridgehead atoms. The normalized spacial score (nSPS) is 23.2. The molecular formula is C14H23NO2S. The molecule has 1 aromatic rings. The van der Waals surface area contributed by atoms with Crippen molar-refractivity contribution in [3.8, 4) is 0 Å². The third-order valence-corrected chi connectivity index (χ3v) is 4.78. The van der Waals surface area contributed by atoms with Crippen LogP contribution in [0.25, 0.3) is 0 Å². The SMILES string of the molecule is CCc1ccc(CC(O)C2CN(CC)CCO2)s1. The maximum Gasteiger partial charge on any atom is 0.0964 e. The van der Waals surface area contributed by atoms with Gasteiger partial charge in [0.25, 0.3) is 0 Å². The fraction of sp³-hybridized carbons (Fsp3) is 0.714. The number of ether oxygens (including phenoxy) is 1. The highest BCUT2D eigenvalue weighted by Gasteiger charge is 2.26. The second-order valence-electron chi connectivity index (χ2n) is 4.80. The average Bonchev–Trinajstić information content (AvgIpc) is 2.86. The van der Waals surface area contributed by atoms with Gasteiger partial charge in [0.15, 0.2) is 0 Å². The van der Waals surface area contributed by atoms with Crippen LogP contribution in [-0.4, -0.2) is 48.5 Å². The second-order valence-corrected chi connectivity index (χ2v) is 6.05. The molecule has 0 spiro atoms. The topological polar surface area (TPSA) is 32.7 Å². The lowest BCUT2D eigenvalue weighted by Crippen LogP contribution is -2.48. The minimum Gasteiger partial charge on any atom is -0.390 e. The van der Waals surface area contributed by atoms with Crippen molar-refractivity contribution in [2.45, 2.75) is 38.9 Å². The van der Waals surface area contributed by atoms with Gasteiger partial charge >= 0.3 is 0 Å². The van der Waals surface area contributed by atoms with Crippen LogP contribution in [0.2, 0.25) is 0 Å². The number of rotatable bonds is 5. The zero-order chi connectivity index (χ0) is 13.0. The largest absolute Gasteiger partial charge is 0.390 e. The minimum absolute atomic E-state index is 0.0362. The van der Waals surface area contributed by atoms with Gasteiger partial charge in [0.2, 0.25) is 0 Å². The number of thiophene rings is 1. The summed E-state index contributed by atoms with van der Waals surface area (Å²) in [6, 6.07) is 4.29. The van der Waals surface area contributed by atoms with Crippen LogP contribution in [0.15, 0.2) is 12.1 Å². The molecule has 1 aliphatic rings. The van der Waals surface area contributed by atoms with Crippen LogP contribution >= 0.6 is 11.3 Å². The van der Waals surface area contributed by atoms with Gasteiger partial charge in [0.05, 0.1) is 18.8 Å². The summed E-state index contributed by atoms with van der Waals surface area (Å²) in [5.74, 6) is 0. The van der Waals surface area contributed by atoms with E-state index in [4.69, 9.17) is 4.74 Å². The van der Waals surface area contributed by atoms with E-state index in [9.17, 15) is 5.11 Å². The number of aryl methyl sites for hydroxylation is 1. The number of likely N-dealkylation sites (N-methyl/N-ethyl adjacent to an activating group) is 1. The summed E-state index contributed by atoms with van der Waals surface area (Å²) in [7, 11) is 0. The van der Waals surface area contributed by atoms with Crippen molar-refractivity contribution in [2.75, 3.05) is 26.2 Å². The molecule has 102 valence electrons. The molecule has 3 nitrogen and oxygen atoms in total. The first kappa shape index (κ1) is 14.0. The summed E-state index contributed by atoms with van der Waals surface area (Å²) in [5, 5.41) is 10.3. The zero-order valence-corrected chi connectivity index (χ0v) is 12.1. The maximum atomic E-state index is 10.3. The molecule has 2 heterocycles. The van der Waals surface area contributed by atoms with Crippen molar-refractivity contribution in [1.82, 2.24) is 4.90 Å². The van der Waals surface area contributed by atoms with Gasteiger partial charge in [-0.1, -0.05) is 13.8 Å². The molecule has 1 aliphatic heterocycles. The summed E-state index contributed by atoms with van der Waals surface area (Å²) in [5.41, 5.74) is 0. The Morgan fingerprint density at radius 3 is 2.89 bits per heavy atom. The average molecular weight is 269 g/mol. The van der Waals surface area contributed by atoms with E-state index in [0.29, 0.717) is 6.42 Å². The first-order chi connectivity index (χ1) is 8.72. The first-order valence-corrected chi connectivity index (χ1v) is 7.64. The van der Waals surface area contributed by atoms with Crippen LogP contribution in [0.1, 0.15) is 23.6 Å². The van der Waals surface area contributed by atoms with Crippen LogP contribution in [0, 0.1) is 0 Å². The van der Waals surface area contributed by atoms with Crippen molar-refractivity contribution in [3.05, 3.63) is 21.9 Å². The summed E-state index contributed by atoms with van der Waals surface area (Å²) < 4.78 is 5.69. The van der Waals surface area contributed by atoms with E-state index < -0.39 is 0 Å². The molecular weight excluding hydrogens is 246 g/mol. The van der Waals surface area contributed by atoms with Crippen LogP contribution < -0.4 is 0 Å². The van der Waals surface area contributed by atoms with Crippen molar-refractivity contribution in [1.29, 1.82) is 0 Å². The number of aliphatic hydroxyl groups excluding tert-OH is 1. The Morgan fingerprint density at radius 1 is 1.44 bits per heavy atom. The van der Waals surface area contributed by atoms with E-state index in [1.165, 1.54) is 9.75 Å². The van der Waals surface area contributed by atoms with Gasteiger partial charge in [-0.05, 0) is 25.1 Å². The summed E-state index contributed by atoms with van der Waals surface area (Å²) in [4.78, 5) is 4.98. The third-order valence-electron chi connectivity index (χ3n) is 3.53. The summed E-state index contributed by atoms with van der Waals surface area (Å²) >= 11 is 1.80. The van der Waals surface area contributed by atoms with Crippen LogP contribution in [0.5, 0.6) is 0 Å². The van der Waals surface area contributed by atoms with Gasteiger partial charge in [0, 0.05) is 29.3 Å². The Hall–Kier alpha value is -0.420. The van der Waals surface area contributed by atoms with E-state index in [1.54, 1.807) is 11.3 Å². The van der Waals surface area contributed by atoms with Gasteiger partial charge in [-0.3, -0.25) is 4.90 Å². The summed E-state index contributed by atoms with van der Waals surface area (Å²) in [6.07, 6.45) is 1.37. The Kier molecular flexibility index (Phi) is 5.18. The van der Waals surface area contributed by atoms with Gasteiger partial charge in [0.1, 0.15) is 0 Å². The van der Waals surface area contributed by atoms with E-state index in [2.05, 4.69) is 30.9 Å². The van der Waals surface area contributed by atoms with E-state index in [1.807, 2.05) is 0 Å². The highest BCUT2D eigenvalue weighted by atomic mass is 32.1. The van der Waals surface area contributed by atoms with Crippen molar-refractivity contribution >= 4 is 11.3 Å². The molecule has 1 fully saturated rings. The molecule has 18 heavy (non-hydrogen) atoms. The lowest BCUT2D eigenvalue weighted by molar-refractivity contribution is -0.0865. The van der Waals surface area contributed by atoms with Gasteiger partial charge in [-0.25, -0.2) is 0 Å². The monoisotopic (exact) mass is 269 g/mol. The summed E-state index contributed by atoms with van der Waals surface area (Å²) in [6.45, 7) is 7.92. The lowest BCUT2D eigenvalue weighted by atomic mass is 10.1. The predicted octanol–water partition coefficient (Wildman–Crippen LogP) is 1.93. The molecule has 1 saturated heterocycles. The van der Waals surface area contributed by atoms with Crippen molar-refractivity contribution in [2.24, 2.45) is 0 Å². The highest BCUT2D eigenvalue weighted by molar-refractivity contribution is 7.11. The molecule has 0 amide bonds. The highest BCUT2D eigenvalue weighted by Crippen LogP contribution is 2.20. The van der Waals surface area contributed by atoms with E-state index in [-0.39, 0.29) is 12.2 Å². The zero-order valence-electron chi connectivity index (χ0n) is 11.3. The molecule has 2 atom stereocenters. The van der Waals surface area contributed by atoms with Gasteiger partial charge < -0.3 is 9.84 Å². The van der Waals surface area contributed by atoms with Crippen molar-refractivity contribution < 1.29 is 9.84 Å². The van der Waals surface area contributed by atoms with Gasteiger partial charge in [-0.15, -0.1) is 11.3 Å². The number of morpholine rings is 1. The Balaban J connectivity index is 1.88. The number of hydrogen-bond acceptors (Lipinski definition) is 4. The fourth-order valence-electron chi connectivity index (χ4n) is 2.31. The molecule has 0 saturated carbocycles. The lowest BCUT2D eigenvalue weighted by Gasteiger charge is -2.34. The van der Waals surface area contributed by atoms with Crippen molar-refractivity contribution in [3.63, 3.8) is 0 Å². The second kappa shape index (κ2) is 6.66. The minimum atomic E-state index is -0.386. The Morgan fingerprint density at radius 2 is 2.22 bits per heavy atom. The molecule has 0 radical (unpaired) electrons. The van der Waals surface area contributed by atoms with Crippen LogP contribution in [0.3, 0.4) is 0 Å². The number of aliphatic hydroxyl groups is 1. The Labute approximate surface area is 113 Å². The molecule has 2 rings (SSSR count). The standard InChI is InChI=1S/C14H23NO2S/c1-3-11-5-6-12(18-11)9-13(16)14-10-15(4-2)7-8-17-14/h5-6,13-14,16H,3-4,7-10H2,1-2H3. The molecule has 1 aromatic heterocycles. The first-order valence-electron chi connectivity index (χ1n) is 6.82. The predicted molar refractivity (Wildman–Crippen MR) is 75.3 cm³/mol. The van der Waals surface area contributed by atoms with Crippen LogP contribution in [0.4, 0.5) is 0 Å².